The maximum Gasteiger partial charge on any atom is 0.164 e. The largest absolute Gasteiger partial charge is 0.456 e. The van der Waals surface area contributed by atoms with Crippen LogP contribution in [-0.2, 0) is 5.41 Å². The van der Waals surface area contributed by atoms with Gasteiger partial charge in [-0.2, -0.15) is 0 Å². The molecule has 0 unspecified atom stereocenters. The van der Waals surface area contributed by atoms with Crippen LogP contribution in [0.3, 0.4) is 0 Å². The number of rotatable bonds is 3. The van der Waals surface area contributed by atoms with E-state index in [0.29, 0.717) is 17.5 Å². The molecule has 2 aromatic heterocycles. The van der Waals surface area contributed by atoms with Gasteiger partial charge in [0.25, 0.3) is 0 Å². The highest BCUT2D eigenvalue weighted by molar-refractivity contribution is 6.09. The molecule has 0 atom stereocenters. The molecule has 6 aromatic carbocycles. The molecule has 4 heteroatoms. The predicted octanol–water partition coefficient (Wildman–Crippen LogP) is 10.2. The topological polar surface area (TPSA) is 51.8 Å². The SMILES string of the molecule is CC1(C)c2ccccc2-c2ccc3c(oc4cc(-c5nc(-c6ccccc6)nc(-c6cccc7ccccc67)n5)ccc43)c21. The van der Waals surface area contributed by atoms with Gasteiger partial charge in [0.1, 0.15) is 11.2 Å². The molecule has 1 aliphatic rings. The van der Waals surface area contributed by atoms with E-state index in [0.717, 1.165) is 49.4 Å². The minimum Gasteiger partial charge on any atom is -0.456 e. The second kappa shape index (κ2) is 9.19. The summed E-state index contributed by atoms with van der Waals surface area (Å²) in [7, 11) is 0. The van der Waals surface area contributed by atoms with Gasteiger partial charge in [-0.3, -0.25) is 0 Å². The summed E-state index contributed by atoms with van der Waals surface area (Å²) in [5, 5.41) is 4.47. The highest BCUT2D eigenvalue weighted by Crippen LogP contribution is 2.52. The van der Waals surface area contributed by atoms with Gasteiger partial charge in [0, 0.05) is 38.4 Å². The van der Waals surface area contributed by atoms with Gasteiger partial charge in [-0.25, -0.2) is 15.0 Å². The molecule has 8 aromatic rings. The fourth-order valence-corrected chi connectivity index (χ4v) is 6.98. The lowest BCUT2D eigenvalue weighted by Crippen LogP contribution is -2.15. The zero-order valence-corrected chi connectivity index (χ0v) is 24.4. The molecule has 9 rings (SSSR count). The van der Waals surface area contributed by atoms with E-state index < -0.39 is 0 Å². The summed E-state index contributed by atoms with van der Waals surface area (Å²) in [5.74, 6) is 1.90. The lowest BCUT2D eigenvalue weighted by atomic mass is 9.82. The van der Waals surface area contributed by atoms with E-state index in [1.54, 1.807) is 0 Å². The van der Waals surface area contributed by atoms with E-state index in [4.69, 9.17) is 19.4 Å². The Labute approximate surface area is 254 Å². The Morgan fingerprint density at radius 2 is 1.18 bits per heavy atom. The molecule has 0 amide bonds. The van der Waals surface area contributed by atoms with Crippen LogP contribution in [0, 0.1) is 0 Å². The summed E-state index contributed by atoms with van der Waals surface area (Å²) in [6.07, 6.45) is 0. The van der Waals surface area contributed by atoms with Crippen molar-refractivity contribution < 1.29 is 4.42 Å². The molecule has 2 heterocycles. The Bertz CT molecular complexity index is 2420. The van der Waals surface area contributed by atoms with E-state index in [9.17, 15) is 0 Å². The summed E-state index contributed by atoms with van der Waals surface area (Å²) in [6, 6.07) is 44.2. The van der Waals surface area contributed by atoms with Crippen molar-refractivity contribution in [2.24, 2.45) is 0 Å². The first-order chi connectivity index (χ1) is 21.6. The molecule has 1 aliphatic carbocycles. The Kier molecular flexibility index (Phi) is 5.21. The summed E-state index contributed by atoms with van der Waals surface area (Å²) >= 11 is 0. The average molecular weight is 566 g/mol. The Balaban J connectivity index is 1.25. The van der Waals surface area contributed by atoms with Crippen LogP contribution >= 0.6 is 0 Å². The second-order valence-corrected chi connectivity index (χ2v) is 12.0. The highest BCUT2D eigenvalue weighted by Gasteiger charge is 2.38. The van der Waals surface area contributed by atoms with E-state index in [-0.39, 0.29) is 5.41 Å². The predicted molar refractivity (Wildman–Crippen MR) is 178 cm³/mol. The molecule has 0 saturated heterocycles. The Morgan fingerprint density at radius 3 is 2.07 bits per heavy atom. The first-order valence-electron chi connectivity index (χ1n) is 15.0. The third-order valence-electron chi connectivity index (χ3n) is 9.11. The van der Waals surface area contributed by atoms with Gasteiger partial charge >= 0.3 is 0 Å². The minimum atomic E-state index is -0.158. The van der Waals surface area contributed by atoms with Crippen molar-refractivity contribution in [2.45, 2.75) is 19.3 Å². The maximum atomic E-state index is 6.74. The molecular weight excluding hydrogens is 538 g/mol. The average Bonchev–Trinajstić information content (AvgIpc) is 3.56. The van der Waals surface area contributed by atoms with Gasteiger partial charge < -0.3 is 4.42 Å². The van der Waals surface area contributed by atoms with Crippen LogP contribution in [-0.4, -0.2) is 15.0 Å². The lowest BCUT2D eigenvalue weighted by molar-refractivity contribution is 0.620. The summed E-state index contributed by atoms with van der Waals surface area (Å²) in [5.41, 5.74) is 9.55. The Morgan fingerprint density at radius 1 is 0.500 bits per heavy atom. The van der Waals surface area contributed by atoms with Crippen LogP contribution < -0.4 is 0 Å². The van der Waals surface area contributed by atoms with Gasteiger partial charge in [-0.05, 0) is 45.7 Å². The zero-order chi connectivity index (χ0) is 29.4. The zero-order valence-electron chi connectivity index (χ0n) is 24.4. The molecular formula is C40H27N3O. The van der Waals surface area contributed by atoms with E-state index in [2.05, 4.69) is 111 Å². The quantitative estimate of drug-likeness (QED) is 0.214. The summed E-state index contributed by atoms with van der Waals surface area (Å²) < 4.78 is 6.74. The number of hydrogen-bond acceptors (Lipinski definition) is 4. The van der Waals surface area contributed by atoms with Crippen LogP contribution in [0.1, 0.15) is 25.0 Å². The van der Waals surface area contributed by atoms with Crippen LogP contribution in [0.5, 0.6) is 0 Å². The van der Waals surface area contributed by atoms with Crippen LogP contribution in [0.2, 0.25) is 0 Å². The monoisotopic (exact) mass is 565 g/mol. The number of hydrogen-bond donors (Lipinski definition) is 0. The normalized spacial score (nSPS) is 13.4. The number of nitrogens with zero attached hydrogens (tertiary/aromatic N) is 3. The van der Waals surface area contributed by atoms with Crippen molar-refractivity contribution in [2.75, 3.05) is 0 Å². The van der Waals surface area contributed by atoms with Gasteiger partial charge in [0.05, 0.1) is 0 Å². The third-order valence-corrected chi connectivity index (χ3v) is 9.11. The second-order valence-electron chi connectivity index (χ2n) is 12.0. The van der Waals surface area contributed by atoms with Crippen molar-refractivity contribution in [1.82, 2.24) is 15.0 Å². The van der Waals surface area contributed by atoms with Crippen molar-refractivity contribution in [3.8, 4) is 45.3 Å². The number of furan rings is 1. The van der Waals surface area contributed by atoms with E-state index in [1.807, 2.05) is 30.3 Å². The van der Waals surface area contributed by atoms with Gasteiger partial charge in [-0.15, -0.1) is 0 Å². The molecule has 0 bridgehead atoms. The van der Waals surface area contributed by atoms with Gasteiger partial charge in [0.2, 0.25) is 0 Å². The Hall–Kier alpha value is -5.61. The molecule has 0 saturated carbocycles. The van der Waals surface area contributed by atoms with Crippen LogP contribution in [0.15, 0.2) is 132 Å². The first kappa shape index (κ1) is 24.9. The van der Waals surface area contributed by atoms with E-state index in [1.165, 1.54) is 22.3 Å². The van der Waals surface area contributed by atoms with Gasteiger partial charge in [-0.1, -0.05) is 123 Å². The highest BCUT2D eigenvalue weighted by atomic mass is 16.3. The van der Waals surface area contributed by atoms with Crippen molar-refractivity contribution in [3.63, 3.8) is 0 Å². The molecule has 4 nitrogen and oxygen atoms in total. The van der Waals surface area contributed by atoms with Gasteiger partial charge in [0.15, 0.2) is 17.5 Å². The number of benzene rings is 6. The molecule has 0 fully saturated rings. The number of fused-ring (bicyclic) bond motifs is 8. The smallest absolute Gasteiger partial charge is 0.164 e. The molecule has 0 spiro atoms. The fraction of sp³-hybridized carbons (Fsp3) is 0.0750. The minimum absolute atomic E-state index is 0.158. The first-order valence-corrected chi connectivity index (χ1v) is 15.0. The lowest BCUT2D eigenvalue weighted by Gasteiger charge is -2.21. The van der Waals surface area contributed by atoms with Crippen molar-refractivity contribution in [1.29, 1.82) is 0 Å². The molecule has 0 N–H and O–H groups in total. The fourth-order valence-electron chi connectivity index (χ4n) is 6.98. The molecule has 44 heavy (non-hydrogen) atoms. The molecule has 0 radical (unpaired) electrons. The standard InChI is InChI=1S/C40H27N3O/c1-40(2)33-18-9-8-16-28(33)30-21-22-31-29-20-19-26(23-34(29)44-36(31)35(30)40)38-41-37(25-12-4-3-5-13-25)42-39(43-38)32-17-10-14-24-11-6-7-15-27(24)32/h3-23H,1-2H3. The number of aromatic nitrogens is 3. The molecule has 208 valence electrons. The third kappa shape index (κ3) is 3.61. The van der Waals surface area contributed by atoms with E-state index >= 15 is 0 Å². The summed E-state index contributed by atoms with van der Waals surface area (Å²) in [6.45, 7) is 4.58. The molecule has 0 aliphatic heterocycles. The summed E-state index contributed by atoms with van der Waals surface area (Å²) in [4.78, 5) is 15.0. The van der Waals surface area contributed by atoms with Crippen molar-refractivity contribution in [3.05, 3.63) is 139 Å². The maximum absolute atomic E-state index is 6.74. The van der Waals surface area contributed by atoms with Crippen LogP contribution in [0.25, 0.3) is 78.0 Å². The van der Waals surface area contributed by atoms with Crippen LogP contribution in [0.4, 0.5) is 0 Å². The van der Waals surface area contributed by atoms with Crippen molar-refractivity contribution >= 4 is 32.7 Å².